The van der Waals surface area contributed by atoms with Gasteiger partial charge in [0.15, 0.2) is 0 Å². The number of aryl methyl sites for hydroxylation is 2. The van der Waals surface area contributed by atoms with Crippen molar-refractivity contribution >= 4 is 41.8 Å². The molecule has 19 heteroatoms. The molecule has 0 aliphatic rings. The summed E-state index contributed by atoms with van der Waals surface area (Å²) in [5.74, 6) is -1.42. The van der Waals surface area contributed by atoms with Gasteiger partial charge in [0.2, 0.25) is 0 Å². The third kappa shape index (κ3) is 233. The molecule has 2 N–H and O–H groups in total. The predicted octanol–water partition coefficient (Wildman–Crippen LogP) is 44.2. The maximum absolute atomic E-state index is 11.4. The number of hydrogen-bond donors (Lipinski definition) is 2. The SMILES string of the molecule is C.C.C.C.C.C.C.C.C.C.C.C.C.C.C.C.C.C.C.C.C.C.CCC(C)(C)C.CCC(C)(C)C.CCC(C)(C)OCCCCCCCCOCCOc1ccccc1.CCC(C)(C)OCCCCCCCc1ccccc1.CCC(C)C.CCC(C)C.CCC(C)C.CCC(C)C.CCC(C)CC.CCC(C)CC.CCC(C)OC(=O)CCOCCCc1ccccc1.COC(=O)C(=O)OC.COC(=O)C(=O)OC.O=C(O)C(=O)O. The van der Waals surface area contributed by atoms with Crippen LogP contribution in [-0.2, 0) is 89.0 Å². The summed E-state index contributed by atoms with van der Waals surface area (Å²) in [6, 6.07) is 31.0. The molecule has 1 atom stereocenters. The fourth-order valence-corrected chi connectivity index (χ4v) is 6.92. The number of para-hydroxylation sites is 1. The van der Waals surface area contributed by atoms with Gasteiger partial charge in [-0.25, -0.2) is 28.8 Å². The first-order valence-electron chi connectivity index (χ1n) is 49.1. The van der Waals surface area contributed by atoms with Gasteiger partial charge < -0.3 is 57.6 Å². The Hall–Kier alpha value is -6.41. The topological polar surface area (TPSA) is 252 Å². The second-order valence-corrected chi connectivity index (χ2v) is 36.9. The minimum absolute atomic E-state index is 0. The molecule has 150 heavy (non-hydrogen) atoms. The number of rotatable bonds is 42. The Labute approximate surface area is 952 Å². The Morgan fingerprint density at radius 3 is 0.700 bits per heavy atom. The summed E-state index contributed by atoms with van der Waals surface area (Å²) in [5.41, 5.74) is 3.98. The maximum atomic E-state index is 11.4. The molecule has 3 rings (SSSR count). The van der Waals surface area contributed by atoms with Crippen LogP contribution in [0.15, 0.2) is 91.0 Å². The molecule has 0 aliphatic heterocycles. The first kappa shape index (κ1) is 239. The van der Waals surface area contributed by atoms with E-state index < -0.39 is 35.8 Å². The van der Waals surface area contributed by atoms with Gasteiger partial charge in [0, 0.05) is 26.4 Å². The second kappa shape index (κ2) is 173. The molecule has 0 saturated heterocycles. The first-order valence-corrected chi connectivity index (χ1v) is 49.1. The Bertz CT molecular complexity index is 2650. The molecule has 0 aliphatic carbocycles. The second-order valence-electron chi connectivity index (χ2n) is 36.9. The lowest BCUT2D eigenvalue weighted by molar-refractivity contribution is -0.164. The van der Waals surface area contributed by atoms with Gasteiger partial charge in [0.1, 0.15) is 12.4 Å². The highest BCUT2D eigenvalue weighted by Gasteiger charge is 2.17. The number of esters is 5. The Morgan fingerprint density at radius 2 is 0.487 bits per heavy atom. The minimum Gasteiger partial charge on any atom is -0.491 e. The van der Waals surface area contributed by atoms with Gasteiger partial charge in [-0.1, -0.05) is 552 Å². The number of carboxylic acid groups (broad SMARTS) is 2. The molecular weight excluding hydrogens is 1880 g/mol. The average molecular weight is 2180 g/mol. The van der Waals surface area contributed by atoms with Crippen LogP contribution in [0.4, 0.5) is 0 Å². The molecular formula is C131H296O19. The molecule has 19 nitrogen and oxygen atoms in total. The monoisotopic (exact) mass is 2170 g/mol. The summed E-state index contributed by atoms with van der Waals surface area (Å²) >= 11 is 0. The van der Waals surface area contributed by atoms with Gasteiger partial charge >= 0.3 is 41.8 Å². The normalized spacial score (nSPS) is 9.04. The zero-order valence-corrected chi connectivity index (χ0v) is 90.3. The van der Waals surface area contributed by atoms with Crippen molar-refractivity contribution in [1.29, 1.82) is 0 Å². The molecule has 0 aromatic heterocycles. The van der Waals surface area contributed by atoms with Crippen molar-refractivity contribution in [2.45, 2.75) is 596 Å². The third-order valence-corrected chi connectivity index (χ3v) is 20.5. The van der Waals surface area contributed by atoms with Crippen molar-refractivity contribution < 1.29 is 91.1 Å². The van der Waals surface area contributed by atoms with Crippen LogP contribution in [0.25, 0.3) is 0 Å². The van der Waals surface area contributed by atoms with E-state index in [1.54, 1.807) is 0 Å². The van der Waals surface area contributed by atoms with Crippen molar-refractivity contribution in [2.75, 3.05) is 74.7 Å². The van der Waals surface area contributed by atoms with Crippen LogP contribution in [0.5, 0.6) is 5.75 Å². The first-order chi connectivity index (χ1) is 59.9. The fraction of sp³-hybridized carbons (Fsp3) is 0.809. The quantitative estimate of drug-likeness (QED) is 0.0231. The van der Waals surface area contributed by atoms with E-state index in [1.165, 1.54) is 146 Å². The van der Waals surface area contributed by atoms with Crippen molar-refractivity contribution in [2.24, 2.45) is 46.3 Å². The number of benzene rings is 3. The van der Waals surface area contributed by atoms with Crippen molar-refractivity contribution in [3.63, 3.8) is 0 Å². The van der Waals surface area contributed by atoms with E-state index in [-0.39, 0.29) is 187 Å². The third-order valence-electron chi connectivity index (χ3n) is 20.5. The van der Waals surface area contributed by atoms with E-state index in [2.05, 4.69) is 283 Å². The Morgan fingerprint density at radius 1 is 0.267 bits per heavy atom. The van der Waals surface area contributed by atoms with Crippen molar-refractivity contribution in [3.8, 4) is 5.75 Å². The molecule has 3 aromatic rings. The highest BCUT2D eigenvalue weighted by atomic mass is 16.6. The van der Waals surface area contributed by atoms with Gasteiger partial charge in [-0.15, -0.1) is 0 Å². The fourth-order valence-electron chi connectivity index (χ4n) is 6.92. The molecule has 0 heterocycles. The lowest BCUT2D eigenvalue weighted by Crippen LogP contribution is -2.23. The van der Waals surface area contributed by atoms with Crippen molar-refractivity contribution in [1.82, 2.24) is 0 Å². The summed E-state index contributed by atoms with van der Waals surface area (Å²) in [6.45, 7) is 79.9. The molecule has 0 radical (unpaired) electrons. The van der Waals surface area contributed by atoms with E-state index >= 15 is 0 Å². The summed E-state index contributed by atoms with van der Waals surface area (Å²) in [7, 11) is 4.44. The lowest BCUT2D eigenvalue weighted by atomic mass is 9.94. The molecule has 0 amide bonds. The maximum Gasteiger partial charge on any atom is 0.417 e. The van der Waals surface area contributed by atoms with Crippen molar-refractivity contribution in [3.05, 3.63) is 102 Å². The smallest absolute Gasteiger partial charge is 0.417 e. The number of unbranched alkanes of at least 4 members (excludes halogenated alkanes) is 9. The van der Waals surface area contributed by atoms with Crippen LogP contribution in [0.1, 0.15) is 577 Å². The number of aliphatic carboxylic acids is 2. The highest BCUT2D eigenvalue weighted by molar-refractivity contribution is 6.30. The Balaban J connectivity index is -0.0000000326. The summed E-state index contributed by atoms with van der Waals surface area (Å²) in [5, 5.41) is 14.8. The lowest BCUT2D eigenvalue weighted by Gasteiger charge is -2.23. The van der Waals surface area contributed by atoms with Crippen LogP contribution in [-0.4, -0.2) is 144 Å². The van der Waals surface area contributed by atoms with E-state index in [9.17, 15) is 24.0 Å². The standard InChI is InChI=1S/C21H36O3.C18H30O.C16H24O3.4C6H14.4C5H12.2C4H6O4.C2H2O4.22CH4/c1-4-21(2,3)24-17-13-8-6-5-7-12-16-22-18-19-23-20-14-10-9-11-15-20;1-4-18(2,3)19-16-12-7-5-6-9-13-17-14-10-8-11-15-17;1-3-14(2)19-16(17)11-13-18-12-7-10-15-8-5-4-6-9-15;2*1-5-6(2,3)4;2*1-4-6(3)5-2;4*1-4-5(2)3;2*1-7-3(5)4(6)8-2;3-1(4)2(5)6;;;;;;;;;;;;;;;;;;;;;;/h9-11,14-15H,4-8,12-13,16-19H2,1-3H3;8,10-11,14-15H,4-7,9,12-13,16H2,1-3H3;4-6,8-9,14H,3,7,10-13H2,1-2H3;2*5H2,1-4H3;2*6H,4-5H2,1-3H3;4*5H,4H2,1-3H3;2*1-2H3;(H,3,4)(H,5,6);22*1H4. The van der Waals surface area contributed by atoms with E-state index in [0.29, 0.717) is 43.7 Å². The molecule has 0 bridgehead atoms. The zero-order valence-electron chi connectivity index (χ0n) is 90.3. The number of carbonyl (C=O) groups is 7. The van der Waals surface area contributed by atoms with Crippen LogP contribution in [0.2, 0.25) is 0 Å². The van der Waals surface area contributed by atoms with Gasteiger partial charge in [-0.3, -0.25) is 4.79 Å². The average Bonchev–Trinajstić information content (AvgIpc) is 0.966. The van der Waals surface area contributed by atoms with Gasteiger partial charge in [-0.2, -0.15) is 0 Å². The van der Waals surface area contributed by atoms with Crippen LogP contribution in [0.3, 0.4) is 0 Å². The largest absolute Gasteiger partial charge is 0.491 e. The Kier molecular flexibility index (Phi) is 275. The van der Waals surface area contributed by atoms with Gasteiger partial charge in [-0.05, 0) is 168 Å². The molecule has 0 saturated carbocycles. The van der Waals surface area contributed by atoms with E-state index in [4.69, 9.17) is 48.2 Å². The van der Waals surface area contributed by atoms with Gasteiger partial charge in [0.05, 0.1) is 65.4 Å². The molecule has 0 spiro atoms. The number of carboxylic acids is 2. The minimum atomic E-state index is -1.82. The number of hydrogen-bond acceptors (Lipinski definition) is 17. The van der Waals surface area contributed by atoms with Gasteiger partial charge in [0.25, 0.3) is 0 Å². The van der Waals surface area contributed by atoms with E-state index in [1.807, 2.05) is 62.4 Å². The van der Waals surface area contributed by atoms with Crippen LogP contribution in [0, 0.1) is 46.3 Å². The van der Waals surface area contributed by atoms with Crippen LogP contribution >= 0.6 is 0 Å². The van der Waals surface area contributed by atoms with Crippen LogP contribution < -0.4 is 4.74 Å². The highest BCUT2D eigenvalue weighted by Crippen LogP contribution is 2.20. The molecule has 934 valence electrons. The molecule has 0 fully saturated rings. The predicted molar refractivity (Wildman–Crippen MR) is 691 cm³/mol. The zero-order chi connectivity index (χ0) is 101. The molecule has 1 unspecified atom stereocenters. The number of carbonyl (C=O) groups excluding carboxylic acids is 5. The molecule has 3 aromatic carbocycles. The summed E-state index contributed by atoms with van der Waals surface area (Å²) < 4.78 is 49.5. The number of methoxy groups -OCH3 is 4. The van der Waals surface area contributed by atoms with E-state index in [0.717, 1.165) is 128 Å². The summed E-state index contributed by atoms with van der Waals surface area (Å²) in [6.07, 6.45) is 33.6. The summed E-state index contributed by atoms with van der Waals surface area (Å²) in [4.78, 5) is 69.7. The number of ether oxygens (including phenoxy) is 10.